The van der Waals surface area contributed by atoms with Gasteiger partial charge >= 0.3 is 0 Å². The molecule has 3 rings (SSSR count). The molecule has 8 heteroatoms. The monoisotopic (exact) mass is 397 g/mol. The van der Waals surface area contributed by atoms with Crippen LogP contribution in [-0.4, -0.2) is 41.2 Å². The summed E-state index contributed by atoms with van der Waals surface area (Å²) in [4.78, 5) is 31.3. The lowest BCUT2D eigenvalue weighted by Gasteiger charge is -2.31. The molecule has 1 aliphatic rings. The molecule has 26 heavy (non-hydrogen) atoms. The highest BCUT2D eigenvalue weighted by Gasteiger charge is 2.30. The number of hydrogen-bond donors (Lipinski definition) is 1. The van der Waals surface area contributed by atoms with E-state index in [4.69, 9.17) is 5.73 Å². The van der Waals surface area contributed by atoms with Gasteiger partial charge in [-0.2, -0.15) is 0 Å². The second-order valence-corrected chi connectivity index (χ2v) is 7.07. The Morgan fingerprint density at radius 1 is 1.31 bits per heavy atom. The number of nitrogens with zero attached hydrogens (tertiary/aromatic N) is 2. The molecule has 1 saturated heterocycles. The molecule has 5 nitrogen and oxygen atoms in total. The van der Waals surface area contributed by atoms with Gasteiger partial charge in [0, 0.05) is 36.4 Å². The lowest BCUT2D eigenvalue weighted by Crippen LogP contribution is -2.42. The van der Waals surface area contributed by atoms with Crippen LogP contribution in [-0.2, 0) is 6.42 Å². The van der Waals surface area contributed by atoms with E-state index >= 15 is 0 Å². The van der Waals surface area contributed by atoms with Crippen LogP contribution in [0.25, 0.3) is 0 Å². The van der Waals surface area contributed by atoms with Gasteiger partial charge in [-0.25, -0.2) is 9.37 Å². The standard InChI is InChI=1S/C18H20FN3O2S.ClH/c19-14-5-3-12(4-6-14)17(23)13-2-1-9-22(10-13)18(24)15-11-25-16(21-15)7-8-20;/h3-6,11,13H,1-2,7-10,20H2;1H. The van der Waals surface area contributed by atoms with Crippen molar-refractivity contribution in [2.24, 2.45) is 11.7 Å². The fourth-order valence-corrected chi connectivity index (χ4v) is 3.82. The van der Waals surface area contributed by atoms with Crippen molar-refractivity contribution in [3.8, 4) is 0 Å². The number of carbonyl (C=O) groups excluding carboxylic acids is 2. The third kappa shape index (κ3) is 4.66. The number of aromatic nitrogens is 1. The molecule has 1 amide bonds. The zero-order valence-corrected chi connectivity index (χ0v) is 15.8. The van der Waals surface area contributed by atoms with Gasteiger partial charge < -0.3 is 10.6 Å². The quantitative estimate of drug-likeness (QED) is 0.787. The predicted octanol–water partition coefficient (Wildman–Crippen LogP) is 2.94. The molecular formula is C18H21ClFN3O2S. The number of rotatable bonds is 5. The first-order valence-corrected chi connectivity index (χ1v) is 9.20. The number of hydrogen-bond acceptors (Lipinski definition) is 5. The maximum Gasteiger partial charge on any atom is 0.273 e. The van der Waals surface area contributed by atoms with E-state index in [9.17, 15) is 14.0 Å². The SMILES string of the molecule is Cl.NCCc1nc(C(=O)N2CCCC(C(=O)c3ccc(F)cc3)C2)cs1. The molecule has 0 saturated carbocycles. The average molecular weight is 398 g/mol. The van der Waals surface area contributed by atoms with Crippen LogP contribution in [0.2, 0.25) is 0 Å². The minimum atomic E-state index is -0.367. The van der Waals surface area contributed by atoms with Gasteiger partial charge in [0.15, 0.2) is 5.78 Å². The van der Waals surface area contributed by atoms with Crippen LogP contribution in [0, 0.1) is 11.7 Å². The van der Waals surface area contributed by atoms with Crippen molar-refractivity contribution < 1.29 is 14.0 Å². The van der Waals surface area contributed by atoms with Crippen molar-refractivity contribution in [3.63, 3.8) is 0 Å². The molecule has 0 bridgehead atoms. The Hall–Kier alpha value is -1.83. The lowest BCUT2D eigenvalue weighted by atomic mass is 9.90. The van der Waals surface area contributed by atoms with E-state index in [-0.39, 0.29) is 35.8 Å². The van der Waals surface area contributed by atoms with Crippen molar-refractivity contribution in [2.45, 2.75) is 19.3 Å². The maximum atomic E-state index is 13.0. The minimum absolute atomic E-state index is 0. The summed E-state index contributed by atoms with van der Waals surface area (Å²) in [7, 11) is 0. The number of likely N-dealkylation sites (tertiary alicyclic amines) is 1. The van der Waals surface area contributed by atoms with Crippen LogP contribution in [0.3, 0.4) is 0 Å². The first kappa shape index (κ1) is 20.5. The van der Waals surface area contributed by atoms with Gasteiger partial charge in [-0.1, -0.05) is 0 Å². The van der Waals surface area contributed by atoms with Crippen LogP contribution in [0.15, 0.2) is 29.6 Å². The maximum absolute atomic E-state index is 13.0. The van der Waals surface area contributed by atoms with Crippen molar-refractivity contribution in [1.29, 1.82) is 0 Å². The lowest BCUT2D eigenvalue weighted by molar-refractivity contribution is 0.0632. The van der Waals surface area contributed by atoms with Crippen LogP contribution < -0.4 is 5.73 Å². The normalized spacial score (nSPS) is 16.8. The van der Waals surface area contributed by atoms with Crippen molar-refractivity contribution in [2.75, 3.05) is 19.6 Å². The summed E-state index contributed by atoms with van der Waals surface area (Å²) < 4.78 is 13.0. The molecule has 1 fully saturated rings. The largest absolute Gasteiger partial charge is 0.337 e. The molecule has 1 unspecified atom stereocenters. The van der Waals surface area contributed by atoms with Crippen molar-refractivity contribution in [1.82, 2.24) is 9.88 Å². The van der Waals surface area contributed by atoms with Crippen molar-refractivity contribution in [3.05, 3.63) is 51.7 Å². The fraction of sp³-hybridized carbons (Fsp3) is 0.389. The number of thiazole rings is 1. The first-order chi connectivity index (χ1) is 12.1. The van der Waals surface area contributed by atoms with Gasteiger partial charge in [-0.3, -0.25) is 9.59 Å². The molecule has 0 aliphatic carbocycles. The van der Waals surface area contributed by atoms with E-state index in [0.29, 0.717) is 37.3 Å². The number of benzene rings is 1. The Morgan fingerprint density at radius 2 is 2.04 bits per heavy atom. The Balaban J connectivity index is 0.00000243. The zero-order valence-electron chi connectivity index (χ0n) is 14.2. The molecule has 1 atom stereocenters. The number of ketones is 1. The molecule has 0 radical (unpaired) electrons. The minimum Gasteiger partial charge on any atom is -0.337 e. The van der Waals surface area contributed by atoms with Crippen LogP contribution in [0.1, 0.15) is 38.7 Å². The third-order valence-corrected chi connectivity index (χ3v) is 5.25. The van der Waals surface area contributed by atoms with Gasteiger partial charge in [0.1, 0.15) is 11.5 Å². The van der Waals surface area contributed by atoms with Crippen LogP contribution in [0.4, 0.5) is 4.39 Å². The molecular weight excluding hydrogens is 377 g/mol. The van der Waals surface area contributed by atoms with Gasteiger partial charge in [0.25, 0.3) is 5.91 Å². The molecule has 1 aliphatic heterocycles. The van der Waals surface area contributed by atoms with Gasteiger partial charge in [0.05, 0.1) is 5.01 Å². The molecule has 2 heterocycles. The Morgan fingerprint density at radius 3 is 2.73 bits per heavy atom. The Labute approximate surface area is 161 Å². The summed E-state index contributed by atoms with van der Waals surface area (Å²) in [6, 6.07) is 5.57. The smallest absolute Gasteiger partial charge is 0.273 e. The number of Topliss-reactive ketones (excluding diaryl/α,β-unsaturated/α-hetero) is 1. The summed E-state index contributed by atoms with van der Waals surface area (Å²) in [6.07, 6.45) is 2.15. The summed E-state index contributed by atoms with van der Waals surface area (Å²) in [5.74, 6) is -0.810. The van der Waals surface area contributed by atoms with E-state index in [1.807, 2.05) is 0 Å². The number of piperidine rings is 1. The Kier molecular flexibility index (Phi) is 7.25. The van der Waals surface area contributed by atoms with Gasteiger partial charge in [0.2, 0.25) is 0 Å². The number of nitrogens with two attached hydrogens (primary N) is 1. The number of amides is 1. The average Bonchev–Trinajstić information content (AvgIpc) is 3.10. The van der Waals surface area contributed by atoms with Gasteiger partial charge in [-0.05, 0) is 43.7 Å². The van der Waals surface area contributed by atoms with Gasteiger partial charge in [-0.15, -0.1) is 23.7 Å². The fourth-order valence-electron chi connectivity index (χ4n) is 3.03. The van der Waals surface area contributed by atoms with Crippen LogP contribution >= 0.6 is 23.7 Å². The predicted molar refractivity (Wildman–Crippen MR) is 101 cm³/mol. The van der Waals surface area contributed by atoms with Crippen LogP contribution in [0.5, 0.6) is 0 Å². The summed E-state index contributed by atoms with van der Waals surface area (Å²) in [5.41, 5.74) is 6.42. The second kappa shape index (κ2) is 9.21. The van der Waals surface area contributed by atoms with E-state index in [1.165, 1.54) is 35.6 Å². The zero-order chi connectivity index (χ0) is 17.8. The first-order valence-electron chi connectivity index (χ1n) is 8.32. The molecule has 1 aromatic heterocycles. The van der Waals surface area contributed by atoms with E-state index in [1.54, 1.807) is 10.3 Å². The molecule has 0 spiro atoms. The summed E-state index contributed by atoms with van der Waals surface area (Å²) >= 11 is 1.43. The third-order valence-electron chi connectivity index (χ3n) is 4.34. The van der Waals surface area contributed by atoms with E-state index in [0.717, 1.165) is 17.8 Å². The highest BCUT2D eigenvalue weighted by molar-refractivity contribution is 7.09. The summed E-state index contributed by atoms with van der Waals surface area (Å²) in [5, 5.41) is 2.60. The second-order valence-electron chi connectivity index (χ2n) is 6.13. The van der Waals surface area contributed by atoms with E-state index in [2.05, 4.69) is 4.98 Å². The molecule has 2 aromatic rings. The van der Waals surface area contributed by atoms with Crippen molar-refractivity contribution >= 4 is 35.4 Å². The highest BCUT2D eigenvalue weighted by atomic mass is 35.5. The Bertz CT molecular complexity index is 766. The highest BCUT2D eigenvalue weighted by Crippen LogP contribution is 2.23. The number of carbonyl (C=O) groups is 2. The summed E-state index contributed by atoms with van der Waals surface area (Å²) in [6.45, 7) is 1.49. The van der Waals surface area contributed by atoms with E-state index < -0.39 is 0 Å². The topological polar surface area (TPSA) is 76.3 Å². The number of halogens is 2. The molecule has 140 valence electrons. The molecule has 1 aromatic carbocycles. The molecule has 2 N–H and O–H groups in total.